The molecule has 3 aromatic heterocycles. The monoisotopic (exact) mass is 412 g/mol. The lowest BCUT2D eigenvalue weighted by molar-refractivity contribution is -0.137. The molecule has 11 heteroatoms. The molecule has 0 fully saturated rings. The molecule has 148 valence electrons. The van der Waals surface area contributed by atoms with Crippen molar-refractivity contribution in [1.82, 2.24) is 20.8 Å². The lowest BCUT2D eigenvalue weighted by atomic mass is 10.1. The first-order valence-electron chi connectivity index (χ1n) is 8.09. The number of hydrogen-bond acceptors (Lipinski definition) is 6. The Labute approximate surface area is 160 Å². The van der Waals surface area contributed by atoms with Crippen LogP contribution in [0.5, 0.6) is 0 Å². The van der Waals surface area contributed by atoms with E-state index in [-0.39, 0.29) is 11.3 Å². The summed E-state index contributed by atoms with van der Waals surface area (Å²) < 4.78 is 41.6. The van der Waals surface area contributed by atoms with Crippen LogP contribution in [0.4, 0.5) is 13.2 Å². The Balaban J connectivity index is 1.83. The van der Waals surface area contributed by atoms with Gasteiger partial charge in [-0.2, -0.15) is 13.2 Å². The Morgan fingerprint density at radius 2 is 1.96 bits per heavy atom. The van der Waals surface area contributed by atoms with E-state index < -0.39 is 31.1 Å². The largest absolute Gasteiger partial charge is 0.405 e. The number of aryl methyl sites for hydroxylation is 2. The number of fused-ring (bicyclic) bond motifs is 1. The summed E-state index contributed by atoms with van der Waals surface area (Å²) in [5.41, 5.74) is 1.26. The van der Waals surface area contributed by atoms with Crippen LogP contribution in [0, 0.1) is 13.8 Å². The minimum absolute atomic E-state index is 0.160. The van der Waals surface area contributed by atoms with Gasteiger partial charge in [0, 0.05) is 4.88 Å². The number of pyridine rings is 1. The summed E-state index contributed by atoms with van der Waals surface area (Å²) in [6.45, 7) is 1.50. The molecule has 7 nitrogen and oxygen atoms in total. The van der Waals surface area contributed by atoms with Gasteiger partial charge in [-0.15, -0.1) is 11.3 Å². The molecule has 0 aliphatic heterocycles. The smallest absolute Gasteiger partial charge is 0.345 e. The highest BCUT2D eigenvalue weighted by Crippen LogP contribution is 2.30. The van der Waals surface area contributed by atoms with Crippen molar-refractivity contribution in [3.8, 4) is 10.6 Å². The fraction of sp³-hybridized carbons (Fsp3) is 0.294. The van der Waals surface area contributed by atoms with Gasteiger partial charge in [0.2, 0.25) is 5.91 Å². The first-order chi connectivity index (χ1) is 13.1. The summed E-state index contributed by atoms with van der Waals surface area (Å²) in [6, 6.07) is 5.30. The minimum atomic E-state index is -4.52. The fourth-order valence-electron chi connectivity index (χ4n) is 2.49. The summed E-state index contributed by atoms with van der Waals surface area (Å²) in [4.78, 5) is 30.4. The second kappa shape index (κ2) is 7.58. The Hall–Kier alpha value is -2.95. The molecule has 0 unspecified atom stereocenters. The van der Waals surface area contributed by atoms with Gasteiger partial charge in [-0.3, -0.25) is 9.59 Å². The molecule has 0 aliphatic carbocycles. The van der Waals surface area contributed by atoms with Crippen molar-refractivity contribution in [1.29, 1.82) is 0 Å². The number of carbonyl (C=O) groups is 2. The van der Waals surface area contributed by atoms with E-state index in [2.05, 4.69) is 15.5 Å². The number of nitrogens with one attached hydrogen (secondary N) is 2. The first-order valence-corrected chi connectivity index (χ1v) is 8.91. The number of halogens is 3. The number of carbonyl (C=O) groups excluding carboxylic acids is 2. The average Bonchev–Trinajstić information content (AvgIpc) is 3.22. The van der Waals surface area contributed by atoms with E-state index in [1.807, 2.05) is 19.1 Å². The van der Waals surface area contributed by atoms with Crippen LogP contribution < -0.4 is 10.6 Å². The lowest BCUT2D eigenvalue weighted by Gasteiger charge is -2.10. The predicted octanol–water partition coefficient (Wildman–Crippen LogP) is 2.98. The van der Waals surface area contributed by atoms with Gasteiger partial charge < -0.3 is 15.2 Å². The molecule has 0 bridgehead atoms. The Morgan fingerprint density at radius 1 is 1.21 bits per heavy atom. The van der Waals surface area contributed by atoms with Crippen LogP contribution in [-0.2, 0) is 4.79 Å². The van der Waals surface area contributed by atoms with E-state index >= 15 is 0 Å². The van der Waals surface area contributed by atoms with Crippen molar-refractivity contribution in [2.75, 3.05) is 13.1 Å². The molecule has 0 aromatic carbocycles. The molecule has 3 heterocycles. The van der Waals surface area contributed by atoms with E-state index in [0.29, 0.717) is 16.8 Å². The summed E-state index contributed by atoms with van der Waals surface area (Å²) in [7, 11) is 0. The van der Waals surface area contributed by atoms with Gasteiger partial charge in [-0.1, -0.05) is 5.16 Å². The third-order valence-corrected chi connectivity index (χ3v) is 4.77. The fourth-order valence-corrected chi connectivity index (χ4v) is 3.32. The van der Waals surface area contributed by atoms with E-state index in [4.69, 9.17) is 4.52 Å². The highest BCUT2D eigenvalue weighted by Gasteiger charge is 2.28. The summed E-state index contributed by atoms with van der Waals surface area (Å²) in [5, 5.41) is 8.20. The van der Waals surface area contributed by atoms with E-state index in [9.17, 15) is 22.8 Å². The van der Waals surface area contributed by atoms with E-state index in [1.54, 1.807) is 18.3 Å². The zero-order valence-corrected chi connectivity index (χ0v) is 15.6. The normalized spacial score (nSPS) is 11.6. The van der Waals surface area contributed by atoms with Crippen LogP contribution >= 0.6 is 11.3 Å². The molecule has 3 aromatic rings. The molecule has 0 atom stereocenters. The number of hydrogen-bond donors (Lipinski definition) is 2. The van der Waals surface area contributed by atoms with Gasteiger partial charge in [0.25, 0.3) is 11.6 Å². The van der Waals surface area contributed by atoms with Gasteiger partial charge in [-0.25, -0.2) is 4.98 Å². The maximum absolute atomic E-state index is 12.6. The van der Waals surface area contributed by atoms with Crippen LogP contribution in [0.25, 0.3) is 21.7 Å². The molecule has 2 N–H and O–H groups in total. The van der Waals surface area contributed by atoms with Gasteiger partial charge in [0.1, 0.15) is 6.54 Å². The molecule has 0 saturated carbocycles. The number of rotatable bonds is 5. The van der Waals surface area contributed by atoms with Crippen LogP contribution in [-0.4, -0.2) is 41.2 Å². The predicted molar refractivity (Wildman–Crippen MR) is 96.0 cm³/mol. The Kier molecular flexibility index (Phi) is 5.36. The zero-order chi connectivity index (χ0) is 20.5. The molecule has 0 saturated heterocycles. The van der Waals surface area contributed by atoms with Crippen LogP contribution in [0.3, 0.4) is 0 Å². The standard InChI is InChI=1S/C17H15F3N4O3S/c1-8-3-4-12(28-8)11-5-10(14-9(2)24-27-16(14)23-11)15(26)21-6-13(25)22-7-17(18,19)20/h3-5H,6-7H2,1-2H3,(H,21,26)(H,22,25). The Bertz CT molecular complexity index is 1040. The summed E-state index contributed by atoms with van der Waals surface area (Å²) in [6.07, 6.45) is -4.52. The zero-order valence-electron chi connectivity index (χ0n) is 14.8. The molecular formula is C17H15F3N4O3S. The van der Waals surface area contributed by atoms with Crippen molar-refractivity contribution in [2.45, 2.75) is 20.0 Å². The van der Waals surface area contributed by atoms with Crippen molar-refractivity contribution in [2.24, 2.45) is 0 Å². The molecule has 28 heavy (non-hydrogen) atoms. The van der Waals surface area contributed by atoms with Crippen molar-refractivity contribution < 1.29 is 27.3 Å². The highest BCUT2D eigenvalue weighted by atomic mass is 32.1. The minimum Gasteiger partial charge on any atom is -0.345 e. The topological polar surface area (TPSA) is 97.1 Å². The number of thiophene rings is 1. The van der Waals surface area contributed by atoms with Crippen LogP contribution in [0.15, 0.2) is 22.7 Å². The second-order valence-corrected chi connectivity index (χ2v) is 7.28. The summed E-state index contributed by atoms with van der Waals surface area (Å²) in [5.74, 6) is -1.59. The molecule has 2 amide bonds. The van der Waals surface area contributed by atoms with Crippen molar-refractivity contribution >= 4 is 34.3 Å². The molecule has 3 rings (SSSR count). The molecular weight excluding hydrogens is 397 g/mol. The second-order valence-electron chi connectivity index (χ2n) is 5.99. The van der Waals surface area contributed by atoms with Crippen LogP contribution in [0.2, 0.25) is 0 Å². The SMILES string of the molecule is Cc1ccc(-c2cc(C(=O)NCC(=O)NCC(F)(F)F)c3c(C)noc3n2)s1. The molecule has 0 radical (unpaired) electrons. The number of nitrogens with zero attached hydrogens (tertiary/aromatic N) is 2. The molecule has 0 aliphatic rings. The lowest BCUT2D eigenvalue weighted by Crippen LogP contribution is -2.40. The molecule has 0 spiro atoms. The number of amides is 2. The first kappa shape index (κ1) is 19.8. The van der Waals surface area contributed by atoms with E-state index in [1.165, 1.54) is 11.3 Å². The third kappa shape index (κ3) is 4.47. The average molecular weight is 412 g/mol. The number of alkyl halides is 3. The van der Waals surface area contributed by atoms with Gasteiger partial charge >= 0.3 is 6.18 Å². The Morgan fingerprint density at radius 3 is 2.61 bits per heavy atom. The van der Waals surface area contributed by atoms with Gasteiger partial charge in [0.15, 0.2) is 0 Å². The van der Waals surface area contributed by atoms with Crippen molar-refractivity contribution in [3.05, 3.63) is 34.3 Å². The van der Waals surface area contributed by atoms with Gasteiger partial charge in [-0.05, 0) is 32.0 Å². The van der Waals surface area contributed by atoms with E-state index in [0.717, 1.165) is 9.75 Å². The highest BCUT2D eigenvalue weighted by molar-refractivity contribution is 7.15. The quantitative estimate of drug-likeness (QED) is 0.672. The summed E-state index contributed by atoms with van der Waals surface area (Å²) >= 11 is 1.48. The number of aromatic nitrogens is 2. The van der Waals surface area contributed by atoms with Gasteiger partial charge in [0.05, 0.1) is 33.8 Å². The third-order valence-electron chi connectivity index (χ3n) is 3.75. The maximum Gasteiger partial charge on any atom is 0.405 e. The maximum atomic E-state index is 12.6. The van der Waals surface area contributed by atoms with Crippen LogP contribution in [0.1, 0.15) is 20.9 Å². The van der Waals surface area contributed by atoms with Crippen molar-refractivity contribution in [3.63, 3.8) is 0 Å².